The van der Waals surface area contributed by atoms with E-state index in [1.165, 1.54) is 0 Å². The zero-order chi connectivity index (χ0) is 13.7. The van der Waals surface area contributed by atoms with Crippen LogP contribution in [0.2, 0.25) is 5.02 Å². The highest BCUT2D eigenvalue weighted by Gasteiger charge is 2.03. The first-order valence-corrected chi connectivity index (χ1v) is 6.96. The Labute approximate surface area is 129 Å². The second-order valence-electron chi connectivity index (χ2n) is 3.73. The van der Waals surface area contributed by atoms with Gasteiger partial charge in [-0.2, -0.15) is 5.10 Å². The molecule has 0 aliphatic carbocycles. The molecule has 2 rings (SSSR count). The highest BCUT2D eigenvalue weighted by molar-refractivity contribution is 14.1. The smallest absolute Gasteiger partial charge is 0.267 e. The lowest BCUT2D eigenvalue weighted by Crippen LogP contribution is -2.17. The van der Waals surface area contributed by atoms with Crippen LogP contribution in [0.15, 0.2) is 53.6 Å². The summed E-state index contributed by atoms with van der Waals surface area (Å²) < 4.78 is 1.07. The minimum atomic E-state index is -0.265. The van der Waals surface area contributed by atoms with Crippen LogP contribution in [-0.2, 0) is 0 Å². The number of benzene rings is 2. The van der Waals surface area contributed by atoms with Crippen molar-refractivity contribution in [2.24, 2.45) is 5.10 Å². The van der Waals surface area contributed by atoms with Crippen molar-refractivity contribution in [2.75, 3.05) is 0 Å². The van der Waals surface area contributed by atoms with Crippen LogP contribution < -0.4 is 5.43 Å². The van der Waals surface area contributed by atoms with E-state index in [1.807, 2.05) is 24.3 Å². The molecular weight excluding hydrogens is 375 g/mol. The summed E-state index contributed by atoms with van der Waals surface area (Å²) in [5.74, 6) is -0.265. The Balaban J connectivity index is 2.01. The van der Waals surface area contributed by atoms with Gasteiger partial charge in [0, 0.05) is 19.7 Å². The van der Waals surface area contributed by atoms with Gasteiger partial charge in [0.15, 0.2) is 0 Å². The van der Waals surface area contributed by atoms with Crippen LogP contribution in [-0.4, -0.2) is 12.1 Å². The number of hydrazone groups is 1. The summed E-state index contributed by atoms with van der Waals surface area (Å²) in [5, 5.41) is 4.54. The fourth-order valence-electron chi connectivity index (χ4n) is 1.41. The summed E-state index contributed by atoms with van der Waals surface area (Å²) in [5.41, 5.74) is 3.95. The summed E-state index contributed by atoms with van der Waals surface area (Å²) in [4.78, 5) is 11.8. The van der Waals surface area contributed by atoms with E-state index in [0.717, 1.165) is 9.13 Å². The second kappa shape index (κ2) is 6.68. The van der Waals surface area contributed by atoms with Crippen molar-refractivity contribution < 1.29 is 4.79 Å². The molecule has 0 saturated heterocycles. The van der Waals surface area contributed by atoms with Crippen LogP contribution in [0.1, 0.15) is 15.9 Å². The third-order valence-electron chi connectivity index (χ3n) is 2.38. The van der Waals surface area contributed by atoms with Crippen LogP contribution >= 0.6 is 34.2 Å². The number of hydrogen-bond donors (Lipinski definition) is 1. The summed E-state index contributed by atoms with van der Waals surface area (Å²) in [6, 6.07) is 14.4. The largest absolute Gasteiger partial charge is 0.271 e. The molecule has 19 heavy (non-hydrogen) atoms. The number of nitrogens with one attached hydrogen (secondary N) is 1. The van der Waals surface area contributed by atoms with Gasteiger partial charge in [-0.05, 0) is 52.9 Å². The van der Waals surface area contributed by atoms with Crippen molar-refractivity contribution in [3.05, 3.63) is 68.3 Å². The number of halogens is 2. The molecule has 0 radical (unpaired) electrons. The molecular formula is C14H10ClIN2O. The van der Waals surface area contributed by atoms with Crippen LogP contribution in [0.25, 0.3) is 0 Å². The van der Waals surface area contributed by atoms with E-state index < -0.39 is 0 Å². The first-order valence-electron chi connectivity index (χ1n) is 5.50. The third kappa shape index (κ3) is 4.04. The van der Waals surface area contributed by atoms with E-state index in [-0.39, 0.29) is 5.91 Å². The summed E-state index contributed by atoms with van der Waals surface area (Å²) in [6.07, 6.45) is 1.62. The highest BCUT2D eigenvalue weighted by Crippen LogP contribution is 2.10. The minimum absolute atomic E-state index is 0.265. The maximum Gasteiger partial charge on any atom is 0.271 e. The Bertz CT molecular complexity index is 611. The zero-order valence-electron chi connectivity index (χ0n) is 9.81. The van der Waals surface area contributed by atoms with Gasteiger partial charge < -0.3 is 0 Å². The molecule has 0 aliphatic heterocycles. The van der Waals surface area contributed by atoms with Gasteiger partial charge in [-0.1, -0.05) is 29.8 Å². The SMILES string of the molecule is O=C(N/N=C/c1ccccc1I)c1ccc(Cl)cc1. The van der Waals surface area contributed by atoms with Crippen molar-refractivity contribution in [1.82, 2.24) is 5.43 Å². The molecule has 0 unspecified atom stereocenters. The van der Waals surface area contributed by atoms with Crippen LogP contribution in [0.4, 0.5) is 0 Å². The van der Waals surface area contributed by atoms with Gasteiger partial charge in [0.05, 0.1) is 6.21 Å². The van der Waals surface area contributed by atoms with E-state index in [4.69, 9.17) is 11.6 Å². The Kier molecular flexibility index (Phi) is 4.93. The monoisotopic (exact) mass is 384 g/mol. The van der Waals surface area contributed by atoms with Crippen LogP contribution in [0, 0.1) is 3.57 Å². The Hall–Kier alpha value is -1.40. The normalized spacial score (nSPS) is 10.6. The Morgan fingerprint density at radius 1 is 1.16 bits per heavy atom. The first-order chi connectivity index (χ1) is 9.16. The lowest BCUT2D eigenvalue weighted by atomic mass is 10.2. The Morgan fingerprint density at radius 3 is 2.53 bits per heavy atom. The number of hydrogen-bond acceptors (Lipinski definition) is 2. The van der Waals surface area contributed by atoms with Gasteiger partial charge in [0.1, 0.15) is 0 Å². The maximum absolute atomic E-state index is 11.8. The van der Waals surface area contributed by atoms with Crippen molar-refractivity contribution in [2.45, 2.75) is 0 Å². The first kappa shape index (κ1) is 14.0. The molecule has 0 fully saturated rings. The topological polar surface area (TPSA) is 41.5 Å². The average Bonchev–Trinajstić information content (AvgIpc) is 2.41. The van der Waals surface area contributed by atoms with E-state index in [9.17, 15) is 4.79 Å². The number of amides is 1. The fraction of sp³-hybridized carbons (Fsp3) is 0. The lowest BCUT2D eigenvalue weighted by Gasteiger charge is -2.00. The maximum atomic E-state index is 11.8. The van der Waals surface area contributed by atoms with Crippen LogP contribution in [0.3, 0.4) is 0 Å². The molecule has 0 saturated carbocycles. The summed E-state index contributed by atoms with van der Waals surface area (Å²) in [7, 11) is 0. The number of carbonyl (C=O) groups excluding carboxylic acids is 1. The van der Waals surface area contributed by atoms with Crippen molar-refractivity contribution >= 4 is 46.3 Å². The molecule has 0 aliphatic rings. The molecule has 0 atom stereocenters. The molecule has 2 aromatic rings. The molecule has 2 aromatic carbocycles. The van der Waals surface area contributed by atoms with E-state index in [2.05, 4.69) is 33.1 Å². The number of nitrogens with zero attached hydrogens (tertiary/aromatic N) is 1. The van der Waals surface area contributed by atoms with E-state index in [1.54, 1.807) is 30.5 Å². The summed E-state index contributed by atoms with van der Waals surface area (Å²) in [6.45, 7) is 0. The zero-order valence-corrected chi connectivity index (χ0v) is 12.7. The van der Waals surface area contributed by atoms with Gasteiger partial charge >= 0.3 is 0 Å². The van der Waals surface area contributed by atoms with Crippen LogP contribution in [0.5, 0.6) is 0 Å². The van der Waals surface area contributed by atoms with E-state index in [0.29, 0.717) is 10.6 Å². The van der Waals surface area contributed by atoms with Crippen molar-refractivity contribution in [1.29, 1.82) is 0 Å². The standard InChI is InChI=1S/C14H10ClIN2O/c15-12-7-5-10(6-8-12)14(19)18-17-9-11-3-1-2-4-13(11)16/h1-9H,(H,18,19)/b17-9+. The van der Waals surface area contributed by atoms with Gasteiger partial charge in [0.2, 0.25) is 0 Å². The van der Waals surface area contributed by atoms with Gasteiger partial charge in [-0.15, -0.1) is 0 Å². The third-order valence-corrected chi connectivity index (χ3v) is 3.62. The predicted octanol–water partition coefficient (Wildman–Crippen LogP) is 3.71. The molecule has 1 amide bonds. The molecule has 1 N–H and O–H groups in total. The van der Waals surface area contributed by atoms with Gasteiger partial charge in [-0.25, -0.2) is 5.43 Å². The summed E-state index contributed by atoms with van der Waals surface area (Å²) >= 11 is 7.97. The van der Waals surface area contributed by atoms with Crippen molar-refractivity contribution in [3.63, 3.8) is 0 Å². The molecule has 0 spiro atoms. The molecule has 5 heteroatoms. The van der Waals surface area contributed by atoms with Gasteiger partial charge in [-0.3, -0.25) is 4.79 Å². The molecule has 0 bridgehead atoms. The van der Waals surface area contributed by atoms with E-state index >= 15 is 0 Å². The predicted molar refractivity (Wildman–Crippen MR) is 85.7 cm³/mol. The second-order valence-corrected chi connectivity index (χ2v) is 5.33. The Morgan fingerprint density at radius 2 is 1.84 bits per heavy atom. The molecule has 96 valence electrons. The molecule has 3 nitrogen and oxygen atoms in total. The average molecular weight is 385 g/mol. The number of rotatable bonds is 3. The van der Waals surface area contributed by atoms with Gasteiger partial charge in [0.25, 0.3) is 5.91 Å². The number of carbonyl (C=O) groups is 1. The lowest BCUT2D eigenvalue weighted by molar-refractivity contribution is 0.0955. The highest BCUT2D eigenvalue weighted by atomic mass is 127. The minimum Gasteiger partial charge on any atom is -0.267 e. The quantitative estimate of drug-likeness (QED) is 0.489. The molecule has 0 heterocycles. The molecule has 0 aromatic heterocycles. The van der Waals surface area contributed by atoms with Crippen molar-refractivity contribution in [3.8, 4) is 0 Å². The fourth-order valence-corrected chi connectivity index (χ4v) is 2.06.